The number of esters is 1. The maximum atomic E-state index is 13.7. The minimum atomic E-state index is -1.09. The van der Waals surface area contributed by atoms with Crippen LogP contribution in [0.1, 0.15) is 97.6 Å². The lowest BCUT2D eigenvalue weighted by Crippen LogP contribution is -2.40. The van der Waals surface area contributed by atoms with Crippen molar-refractivity contribution >= 4 is 17.6 Å². The summed E-state index contributed by atoms with van der Waals surface area (Å²) in [6.45, 7) is 5.83. The van der Waals surface area contributed by atoms with Gasteiger partial charge in [-0.25, -0.2) is 4.79 Å². The Labute approximate surface area is 231 Å². The number of fused-ring (bicyclic) bond motifs is 1. The molecule has 0 radical (unpaired) electrons. The van der Waals surface area contributed by atoms with E-state index in [9.17, 15) is 9.59 Å². The van der Waals surface area contributed by atoms with Crippen molar-refractivity contribution in [1.82, 2.24) is 4.98 Å². The lowest BCUT2D eigenvalue weighted by molar-refractivity contribution is -0.127. The molecule has 3 aromatic rings. The summed E-state index contributed by atoms with van der Waals surface area (Å²) in [6, 6.07) is 16.5. The van der Waals surface area contributed by atoms with Gasteiger partial charge in [0.2, 0.25) is 5.79 Å². The summed E-state index contributed by atoms with van der Waals surface area (Å²) in [4.78, 5) is 32.4. The van der Waals surface area contributed by atoms with E-state index in [1.807, 2.05) is 24.3 Å². The van der Waals surface area contributed by atoms with Crippen LogP contribution < -0.4 is 9.64 Å². The molecule has 6 nitrogen and oxygen atoms in total. The highest BCUT2D eigenvalue weighted by Gasteiger charge is 2.37. The van der Waals surface area contributed by atoms with Gasteiger partial charge < -0.3 is 14.4 Å². The molecule has 1 aliphatic heterocycles. The van der Waals surface area contributed by atoms with Gasteiger partial charge in [-0.3, -0.25) is 9.78 Å². The largest absolute Gasteiger partial charge is 0.452 e. The molecule has 0 bridgehead atoms. The molecular weight excluding hydrogens is 488 g/mol. The molecule has 39 heavy (non-hydrogen) atoms. The van der Waals surface area contributed by atoms with Crippen LogP contribution in [0.4, 0.5) is 5.69 Å². The van der Waals surface area contributed by atoms with Crippen molar-refractivity contribution in [2.24, 2.45) is 0 Å². The fraction of sp³-hybridized carbons (Fsp3) is 0.364. The molecule has 0 unspecified atom stereocenters. The molecule has 0 spiro atoms. The number of unbranched alkanes of at least 4 members (excludes halogenated alkanes) is 6. The van der Waals surface area contributed by atoms with Gasteiger partial charge in [0.25, 0.3) is 5.91 Å². The zero-order chi connectivity index (χ0) is 27.7. The SMILES string of the molecule is CCCCCCCCC#Cc1ccc(CN(C(=O)c2cccnc2)c2cccc3c2C(=O)OC(C)(C)O3)cc1. The predicted octanol–water partition coefficient (Wildman–Crippen LogP) is 7.32. The number of hydrogen-bond donors (Lipinski definition) is 0. The smallest absolute Gasteiger partial charge is 0.347 e. The number of benzene rings is 2. The zero-order valence-corrected chi connectivity index (χ0v) is 23.0. The van der Waals surface area contributed by atoms with E-state index in [1.54, 1.807) is 55.3 Å². The average molecular weight is 525 g/mol. The van der Waals surface area contributed by atoms with Gasteiger partial charge >= 0.3 is 5.97 Å². The van der Waals surface area contributed by atoms with E-state index in [2.05, 4.69) is 23.7 Å². The molecule has 0 N–H and O–H groups in total. The molecule has 202 valence electrons. The van der Waals surface area contributed by atoms with Crippen molar-refractivity contribution in [2.45, 2.75) is 78.0 Å². The van der Waals surface area contributed by atoms with Crippen LogP contribution in [0, 0.1) is 11.8 Å². The summed E-state index contributed by atoms with van der Waals surface area (Å²) >= 11 is 0. The fourth-order valence-corrected chi connectivity index (χ4v) is 4.54. The van der Waals surface area contributed by atoms with Crippen LogP contribution in [0.3, 0.4) is 0 Å². The summed E-state index contributed by atoms with van der Waals surface area (Å²) in [5.74, 6) is 5.00. The summed E-state index contributed by atoms with van der Waals surface area (Å²) < 4.78 is 11.4. The van der Waals surface area contributed by atoms with E-state index in [0.29, 0.717) is 17.0 Å². The van der Waals surface area contributed by atoms with Crippen LogP contribution >= 0.6 is 0 Å². The number of cyclic esters (lactones) is 1. The van der Waals surface area contributed by atoms with Gasteiger partial charge in [0, 0.05) is 38.2 Å². The van der Waals surface area contributed by atoms with Gasteiger partial charge in [-0.1, -0.05) is 69.1 Å². The lowest BCUT2D eigenvalue weighted by atomic mass is 10.1. The van der Waals surface area contributed by atoms with Crippen molar-refractivity contribution in [3.63, 3.8) is 0 Å². The first-order chi connectivity index (χ1) is 18.9. The molecule has 6 heteroatoms. The average Bonchev–Trinajstić information content (AvgIpc) is 2.93. The van der Waals surface area contributed by atoms with E-state index < -0.39 is 11.8 Å². The number of anilines is 1. The number of carbonyl (C=O) groups is 2. The van der Waals surface area contributed by atoms with Crippen LogP contribution in [0.15, 0.2) is 67.0 Å². The number of carbonyl (C=O) groups excluding carboxylic acids is 2. The first-order valence-corrected chi connectivity index (χ1v) is 13.7. The van der Waals surface area contributed by atoms with E-state index in [4.69, 9.17) is 9.47 Å². The Morgan fingerprint density at radius 3 is 2.46 bits per heavy atom. The Kier molecular flexibility index (Phi) is 9.38. The second kappa shape index (κ2) is 13.1. The number of nitrogens with zero attached hydrogens (tertiary/aromatic N) is 2. The van der Waals surface area contributed by atoms with Crippen LogP contribution in [-0.2, 0) is 11.3 Å². The second-order valence-electron chi connectivity index (χ2n) is 10.2. The van der Waals surface area contributed by atoms with Gasteiger partial charge in [-0.2, -0.15) is 0 Å². The van der Waals surface area contributed by atoms with Crippen LogP contribution in [0.5, 0.6) is 5.75 Å². The van der Waals surface area contributed by atoms with Gasteiger partial charge in [0.05, 0.1) is 17.8 Å². The maximum absolute atomic E-state index is 13.7. The number of hydrogen-bond acceptors (Lipinski definition) is 5. The number of aromatic nitrogens is 1. The van der Waals surface area contributed by atoms with Gasteiger partial charge in [0.15, 0.2) is 0 Å². The molecule has 0 saturated heterocycles. The Morgan fingerprint density at radius 2 is 1.72 bits per heavy atom. The topological polar surface area (TPSA) is 68.7 Å². The number of amides is 1. The highest BCUT2D eigenvalue weighted by molar-refractivity contribution is 6.10. The molecule has 4 rings (SSSR count). The van der Waals surface area contributed by atoms with Crippen molar-refractivity contribution in [3.8, 4) is 17.6 Å². The molecule has 2 heterocycles. The minimum absolute atomic E-state index is 0.228. The molecule has 0 atom stereocenters. The molecule has 0 fully saturated rings. The van der Waals surface area contributed by atoms with E-state index >= 15 is 0 Å². The normalized spacial score (nSPS) is 13.4. The third-order valence-electron chi connectivity index (χ3n) is 6.53. The van der Waals surface area contributed by atoms with E-state index in [-0.39, 0.29) is 18.0 Å². The van der Waals surface area contributed by atoms with Crippen molar-refractivity contribution < 1.29 is 19.1 Å². The van der Waals surface area contributed by atoms with Gasteiger partial charge in [0.1, 0.15) is 11.3 Å². The Balaban J connectivity index is 1.54. The summed E-state index contributed by atoms with van der Waals surface area (Å²) in [5, 5.41) is 0. The molecule has 0 aliphatic carbocycles. The lowest BCUT2D eigenvalue weighted by Gasteiger charge is -2.34. The summed E-state index contributed by atoms with van der Waals surface area (Å²) in [5.41, 5.74) is 2.90. The fourth-order valence-electron chi connectivity index (χ4n) is 4.54. The van der Waals surface area contributed by atoms with Crippen molar-refractivity contribution in [1.29, 1.82) is 0 Å². The van der Waals surface area contributed by atoms with Crippen molar-refractivity contribution in [3.05, 3.63) is 89.2 Å². The third-order valence-corrected chi connectivity index (χ3v) is 6.53. The van der Waals surface area contributed by atoms with Gasteiger partial charge in [-0.05, 0) is 48.4 Å². The molecule has 1 aliphatic rings. The standard InChI is InChI=1S/C33H36N2O4/c1-4-5-6-7-8-9-10-11-14-25-18-20-26(21-19-25)24-35(31(36)27-15-13-22-34-23-27)28-16-12-17-29-30(28)32(37)39-33(2,3)38-29/h12-13,15-23H,4-10,24H2,1-3H3. The number of ether oxygens (including phenoxy) is 2. The second-order valence-corrected chi connectivity index (χ2v) is 10.2. The molecule has 1 aromatic heterocycles. The van der Waals surface area contributed by atoms with Gasteiger partial charge in [-0.15, -0.1) is 0 Å². The highest BCUT2D eigenvalue weighted by atomic mass is 16.7. The van der Waals surface area contributed by atoms with Crippen LogP contribution in [0.2, 0.25) is 0 Å². The van der Waals surface area contributed by atoms with Crippen molar-refractivity contribution in [2.75, 3.05) is 4.90 Å². The maximum Gasteiger partial charge on any atom is 0.347 e. The monoisotopic (exact) mass is 524 g/mol. The highest BCUT2D eigenvalue weighted by Crippen LogP contribution is 2.38. The molecule has 1 amide bonds. The summed E-state index contributed by atoms with van der Waals surface area (Å²) in [6.07, 6.45) is 11.6. The number of pyridine rings is 1. The van der Waals surface area contributed by atoms with E-state index in [1.165, 1.54) is 38.3 Å². The van der Waals surface area contributed by atoms with Crippen LogP contribution in [-0.4, -0.2) is 22.6 Å². The quantitative estimate of drug-likeness (QED) is 0.158. The molecular formula is C33H36N2O4. The van der Waals surface area contributed by atoms with Crippen LogP contribution in [0.25, 0.3) is 0 Å². The first kappa shape index (κ1) is 27.9. The molecule has 2 aromatic carbocycles. The minimum Gasteiger partial charge on any atom is -0.452 e. The molecule has 0 saturated carbocycles. The third kappa shape index (κ3) is 7.48. The van der Waals surface area contributed by atoms with E-state index in [0.717, 1.165) is 24.0 Å². The Bertz CT molecular complexity index is 1340. The zero-order valence-electron chi connectivity index (χ0n) is 23.0. The predicted molar refractivity (Wildman–Crippen MR) is 153 cm³/mol. The Hall–Kier alpha value is -4.11. The summed E-state index contributed by atoms with van der Waals surface area (Å²) in [7, 11) is 0. The Morgan fingerprint density at radius 1 is 0.949 bits per heavy atom. The number of rotatable bonds is 10. The first-order valence-electron chi connectivity index (χ1n) is 13.7.